The van der Waals surface area contributed by atoms with Crippen LogP contribution in [-0.2, 0) is 4.79 Å². The number of aliphatic hydroxyl groups excluding tert-OH is 1. The Labute approximate surface area is 124 Å². The molecular weight excluding hydrogens is 252 g/mol. The molecule has 118 valence electrons. The largest absolute Gasteiger partial charge is 0.395 e. The molecule has 0 aliphatic carbocycles. The van der Waals surface area contributed by atoms with Gasteiger partial charge in [0.2, 0.25) is 0 Å². The maximum absolute atomic E-state index is 11.9. The fraction of sp³-hybridized carbons (Fsp3) is 0.938. The highest BCUT2D eigenvalue weighted by Gasteiger charge is 2.17. The molecule has 1 aliphatic heterocycles. The number of Topliss-reactive ketones (excluding diaryl/α,β-unsaturated/α-hetero) is 1. The SMILES string of the molecule is CCCCCCCCC(=O)CN1CCN(CCO)CC1. The van der Waals surface area contributed by atoms with Crippen LogP contribution in [0, 0.1) is 0 Å². The molecule has 4 nitrogen and oxygen atoms in total. The molecule has 0 unspecified atom stereocenters. The minimum absolute atomic E-state index is 0.233. The van der Waals surface area contributed by atoms with Gasteiger partial charge in [0.05, 0.1) is 13.2 Å². The van der Waals surface area contributed by atoms with Gasteiger partial charge in [0, 0.05) is 39.1 Å². The topological polar surface area (TPSA) is 43.8 Å². The summed E-state index contributed by atoms with van der Waals surface area (Å²) in [5, 5.41) is 8.89. The van der Waals surface area contributed by atoms with Crippen LogP contribution in [0.4, 0.5) is 0 Å². The molecule has 0 saturated carbocycles. The van der Waals surface area contributed by atoms with E-state index < -0.39 is 0 Å². The maximum atomic E-state index is 11.9. The number of aliphatic hydroxyl groups is 1. The van der Waals surface area contributed by atoms with E-state index in [1.165, 1.54) is 32.1 Å². The lowest BCUT2D eigenvalue weighted by Gasteiger charge is -2.33. The lowest BCUT2D eigenvalue weighted by atomic mass is 10.1. The van der Waals surface area contributed by atoms with Crippen LogP contribution in [0.3, 0.4) is 0 Å². The number of β-amino-alcohol motifs (C(OH)–C–C–N with tert-alkyl or cyclic N) is 1. The van der Waals surface area contributed by atoms with E-state index >= 15 is 0 Å². The number of carbonyl (C=O) groups is 1. The minimum Gasteiger partial charge on any atom is -0.395 e. The molecule has 0 atom stereocenters. The molecule has 1 N–H and O–H groups in total. The molecule has 0 amide bonds. The van der Waals surface area contributed by atoms with Crippen molar-refractivity contribution in [2.45, 2.75) is 51.9 Å². The molecule has 0 aromatic rings. The zero-order valence-corrected chi connectivity index (χ0v) is 13.1. The fourth-order valence-corrected chi connectivity index (χ4v) is 2.74. The van der Waals surface area contributed by atoms with Crippen molar-refractivity contribution >= 4 is 5.78 Å². The molecule has 20 heavy (non-hydrogen) atoms. The molecule has 0 aromatic heterocycles. The highest BCUT2D eigenvalue weighted by molar-refractivity contribution is 5.80. The first-order chi connectivity index (χ1) is 9.76. The highest BCUT2D eigenvalue weighted by atomic mass is 16.3. The summed E-state index contributed by atoms with van der Waals surface area (Å²) >= 11 is 0. The van der Waals surface area contributed by atoms with Crippen molar-refractivity contribution in [3.8, 4) is 0 Å². The Hall–Kier alpha value is -0.450. The summed E-state index contributed by atoms with van der Waals surface area (Å²) < 4.78 is 0. The van der Waals surface area contributed by atoms with Gasteiger partial charge >= 0.3 is 0 Å². The smallest absolute Gasteiger partial charge is 0.146 e. The summed E-state index contributed by atoms with van der Waals surface area (Å²) in [5.41, 5.74) is 0. The van der Waals surface area contributed by atoms with Crippen molar-refractivity contribution in [3.63, 3.8) is 0 Å². The maximum Gasteiger partial charge on any atom is 0.146 e. The quantitative estimate of drug-likeness (QED) is 0.589. The van der Waals surface area contributed by atoms with Gasteiger partial charge in [-0.25, -0.2) is 0 Å². The predicted molar refractivity (Wildman–Crippen MR) is 83.0 cm³/mol. The van der Waals surface area contributed by atoms with Crippen LogP contribution >= 0.6 is 0 Å². The van der Waals surface area contributed by atoms with E-state index in [2.05, 4.69) is 16.7 Å². The summed E-state index contributed by atoms with van der Waals surface area (Å²) in [7, 11) is 0. The van der Waals surface area contributed by atoms with Crippen LogP contribution in [-0.4, -0.2) is 66.6 Å². The molecule has 0 radical (unpaired) electrons. The molecule has 1 rings (SSSR count). The van der Waals surface area contributed by atoms with Crippen LogP contribution in [0.25, 0.3) is 0 Å². The molecule has 1 saturated heterocycles. The Balaban J connectivity index is 2.00. The van der Waals surface area contributed by atoms with Crippen LogP contribution < -0.4 is 0 Å². The van der Waals surface area contributed by atoms with Crippen molar-refractivity contribution in [1.82, 2.24) is 9.80 Å². The Morgan fingerprint density at radius 3 is 2.20 bits per heavy atom. The van der Waals surface area contributed by atoms with Crippen LogP contribution in [0.5, 0.6) is 0 Å². The Bertz CT molecular complexity index is 251. The number of nitrogens with zero attached hydrogens (tertiary/aromatic N) is 2. The molecule has 0 spiro atoms. The number of hydrogen-bond donors (Lipinski definition) is 1. The second-order valence-corrected chi connectivity index (χ2v) is 5.90. The first-order valence-corrected chi connectivity index (χ1v) is 8.33. The third-order valence-electron chi connectivity index (χ3n) is 4.09. The van der Waals surface area contributed by atoms with Gasteiger partial charge in [-0.3, -0.25) is 14.6 Å². The summed E-state index contributed by atoms with van der Waals surface area (Å²) in [5.74, 6) is 0.399. The van der Waals surface area contributed by atoms with E-state index in [0.29, 0.717) is 12.3 Å². The second kappa shape index (κ2) is 11.2. The van der Waals surface area contributed by atoms with Crippen LogP contribution in [0.2, 0.25) is 0 Å². The van der Waals surface area contributed by atoms with Crippen LogP contribution in [0.1, 0.15) is 51.9 Å². The second-order valence-electron chi connectivity index (χ2n) is 5.90. The molecule has 1 aliphatic rings. The van der Waals surface area contributed by atoms with E-state index in [-0.39, 0.29) is 6.61 Å². The highest BCUT2D eigenvalue weighted by Crippen LogP contribution is 2.08. The number of ketones is 1. The summed E-state index contributed by atoms with van der Waals surface area (Å²) in [6, 6.07) is 0. The molecule has 0 bridgehead atoms. The third kappa shape index (κ3) is 7.98. The lowest BCUT2D eigenvalue weighted by Crippen LogP contribution is -2.48. The van der Waals surface area contributed by atoms with Crippen molar-refractivity contribution in [3.05, 3.63) is 0 Å². The van der Waals surface area contributed by atoms with Gasteiger partial charge in [-0.1, -0.05) is 39.0 Å². The van der Waals surface area contributed by atoms with E-state index in [0.717, 1.165) is 45.6 Å². The third-order valence-corrected chi connectivity index (χ3v) is 4.09. The summed E-state index contributed by atoms with van der Waals surface area (Å²) in [6.07, 6.45) is 8.22. The van der Waals surface area contributed by atoms with Gasteiger partial charge in [0.15, 0.2) is 0 Å². The summed E-state index contributed by atoms with van der Waals surface area (Å²) in [4.78, 5) is 16.4. The van der Waals surface area contributed by atoms with E-state index in [1.54, 1.807) is 0 Å². The van der Waals surface area contributed by atoms with Gasteiger partial charge in [-0.15, -0.1) is 0 Å². The number of piperazine rings is 1. The average Bonchev–Trinajstić information content (AvgIpc) is 2.45. The normalized spacial score (nSPS) is 17.5. The van der Waals surface area contributed by atoms with E-state index in [4.69, 9.17) is 5.11 Å². The predicted octanol–water partition coefficient (Wildman–Crippen LogP) is 1.92. The minimum atomic E-state index is 0.233. The van der Waals surface area contributed by atoms with Gasteiger partial charge in [0.25, 0.3) is 0 Å². The first-order valence-electron chi connectivity index (χ1n) is 8.33. The van der Waals surface area contributed by atoms with E-state index in [9.17, 15) is 4.79 Å². The van der Waals surface area contributed by atoms with Gasteiger partial charge in [-0.2, -0.15) is 0 Å². The molecular formula is C16H32N2O2. The summed E-state index contributed by atoms with van der Waals surface area (Å²) in [6.45, 7) is 7.72. The van der Waals surface area contributed by atoms with Crippen molar-refractivity contribution in [2.75, 3.05) is 45.9 Å². The van der Waals surface area contributed by atoms with Gasteiger partial charge in [0.1, 0.15) is 5.78 Å². The first kappa shape index (κ1) is 17.6. The Morgan fingerprint density at radius 2 is 1.55 bits per heavy atom. The average molecular weight is 284 g/mol. The van der Waals surface area contributed by atoms with E-state index in [1.807, 2.05) is 0 Å². The number of unbranched alkanes of at least 4 members (excludes halogenated alkanes) is 5. The number of rotatable bonds is 11. The fourth-order valence-electron chi connectivity index (χ4n) is 2.74. The number of hydrogen-bond acceptors (Lipinski definition) is 4. The standard InChI is InChI=1S/C16H32N2O2/c1-2-3-4-5-6-7-8-16(20)15-18-11-9-17(10-12-18)13-14-19/h19H,2-15H2,1H3. The zero-order chi connectivity index (χ0) is 14.6. The van der Waals surface area contributed by atoms with Crippen molar-refractivity contribution in [1.29, 1.82) is 0 Å². The molecule has 4 heteroatoms. The Morgan fingerprint density at radius 1 is 0.950 bits per heavy atom. The van der Waals surface area contributed by atoms with Crippen molar-refractivity contribution in [2.24, 2.45) is 0 Å². The Kier molecular flexibility index (Phi) is 9.89. The molecule has 1 fully saturated rings. The number of carbonyl (C=O) groups excluding carboxylic acids is 1. The van der Waals surface area contributed by atoms with Gasteiger partial charge in [-0.05, 0) is 6.42 Å². The molecule has 0 aromatic carbocycles. The zero-order valence-electron chi connectivity index (χ0n) is 13.1. The molecule has 1 heterocycles. The van der Waals surface area contributed by atoms with Crippen LogP contribution in [0.15, 0.2) is 0 Å². The van der Waals surface area contributed by atoms with Crippen molar-refractivity contribution < 1.29 is 9.90 Å². The monoisotopic (exact) mass is 284 g/mol. The lowest BCUT2D eigenvalue weighted by molar-refractivity contribution is -0.120. The van der Waals surface area contributed by atoms with Gasteiger partial charge < -0.3 is 5.11 Å².